The molecule has 1 atom stereocenters. The van der Waals surface area contributed by atoms with Gasteiger partial charge in [0, 0.05) is 6.07 Å². The Balaban J connectivity index is 1.85. The van der Waals surface area contributed by atoms with Gasteiger partial charge in [-0.05, 0) is 39.9 Å². The van der Waals surface area contributed by atoms with Gasteiger partial charge in [-0.15, -0.1) is 0 Å². The molecule has 2 aromatic carbocycles. The maximum atomic E-state index is 12.6. The number of rotatable bonds is 7. The summed E-state index contributed by atoms with van der Waals surface area (Å²) < 4.78 is 11.3. The number of hydrogen-bond donors (Lipinski definition) is 2. The zero-order valence-corrected chi connectivity index (χ0v) is 18.7. The number of ether oxygens (including phenoxy) is 2. The van der Waals surface area contributed by atoms with Crippen LogP contribution in [0.1, 0.15) is 37.7 Å². The molecule has 0 spiro atoms. The summed E-state index contributed by atoms with van der Waals surface area (Å²) in [6.45, 7) is 4.22. The summed E-state index contributed by atoms with van der Waals surface area (Å²) in [6, 6.07) is 12.3. The molecule has 1 aromatic heterocycles. The van der Waals surface area contributed by atoms with Gasteiger partial charge in [0.1, 0.15) is 18.2 Å². The van der Waals surface area contributed by atoms with Gasteiger partial charge in [0.2, 0.25) is 0 Å². The molecule has 1 heterocycles. The second-order valence-corrected chi connectivity index (χ2v) is 8.20. The fraction of sp³-hybridized carbons (Fsp3) is 0.318. The quantitative estimate of drug-likeness (QED) is 0.518. The second-order valence-electron chi connectivity index (χ2n) is 7.34. The molecular formula is C22H24BrN3O4. The number of carbonyl (C=O) groups excluding carboxylic acids is 1. The number of alkyl carbamates (subject to hydrolysis) is 1. The Hall–Kier alpha value is -2.87. The number of fused-ring (bicyclic) bond motifs is 1. The van der Waals surface area contributed by atoms with Crippen molar-refractivity contribution < 1.29 is 14.3 Å². The third kappa shape index (κ3) is 5.38. The summed E-state index contributed by atoms with van der Waals surface area (Å²) in [6.07, 6.45) is 0.0170. The lowest BCUT2D eigenvalue weighted by molar-refractivity contribution is 0.133. The smallest absolute Gasteiger partial charge is 0.408 e. The third-order valence-corrected chi connectivity index (χ3v) is 5.16. The van der Waals surface area contributed by atoms with E-state index in [4.69, 9.17) is 9.47 Å². The molecular weight excluding hydrogens is 450 g/mol. The molecule has 0 bridgehead atoms. The maximum absolute atomic E-state index is 12.6. The van der Waals surface area contributed by atoms with E-state index in [0.717, 1.165) is 5.56 Å². The molecule has 0 fully saturated rings. The molecule has 3 rings (SSSR count). The van der Waals surface area contributed by atoms with Crippen molar-refractivity contribution >= 4 is 32.9 Å². The Morgan fingerprint density at radius 2 is 1.97 bits per heavy atom. The molecule has 8 heteroatoms. The van der Waals surface area contributed by atoms with Gasteiger partial charge in [0.25, 0.3) is 5.56 Å². The number of nitrogens with zero attached hydrogens (tertiary/aromatic N) is 1. The zero-order chi connectivity index (χ0) is 21.7. The largest absolute Gasteiger partial charge is 0.495 e. The summed E-state index contributed by atoms with van der Waals surface area (Å²) in [5, 5.41) is 3.26. The van der Waals surface area contributed by atoms with Gasteiger partial charge in [-0.2, -0.15) is 0 Å². The Morgan fingerprint density at radius 1 is 1.23 bits per heavy atom. The van der Waals surface area contributed by atoms with Gasteiger partial charge >= 0.3 is 6.09 Å². The summed E-state index contributed by atoms with van der Waals surface area (Å²) >= 11 is 3.38. The molecule has 0 aliphatic heterocycles. The highest BCUT2D eigenvalue weighted by molar-refractivity contribution is 9.10. The first-order valence-corrected chi connectivity index (χ1v) is 10.4. The van der Waals surface area contributed by atoms with Crippen LogP contribution in [0.2, 0.25) is 0 Å². The maximum Gasteiger partial charge on any atom is 0.408 e. The number of benzene rings is 2. The number of hydrogen-bond acceptors (Lipinski definition) is 5. The average Bonchev–Trinajstić information content (AvgIpc) is 2.72. The monoisotopic (exact) mass is 473 g/mol. The molecule has 0 saturated carbocycles. The first-order valence-electron chi connectivity index (χ1n) is 9.62. The van der Waals surface area contributed by atoms with E-state index in [-0.39, 0.29) is 18.1 Å². The summed E-state index contributed by atoms with van der Waals surface area (Å²) in [4.78, 5) is 32.4. The van der Waals surface area contributed by atoms with Crippen molar-refractivity contribution in [3.05, 3.63) is 68.7 Å². The van der Waals surface area contributed by atoms with Crippen LogP contribution in [0.25, 0.3) is 10.9 Å². The predicted molar refractivity (Wildman–Crippen MR) is 119 cm³/mol. The van der Waals surface area contributed by atoms with Crippen molar-refractivity contribution in [3.8, 4) is 5.75 Å². The molecule has 0 aliphatic carbocycles. The second kappa shape index (κ2) is 9.75. The topological polar surface area (TPSA) is 93.3 Å². The number of amides is 1. The van der Waals surface area contributed by atoms with Gasteiger partial charge in [-0.1, -0.05) is 44.2 Å². The Morgan fingerprint density at radius 3 is 2.63 bits per heavy atom. The van der Waals surface area contributed by atoms with E-state index in [2.05, 4.69) is 31.2 Å². The molecule has 1 unspecified atom stereocenters. The molecule has 1 amide bonds. The van der Waals surface area contributed by atoms with Crippen LogP contribution in [0.5, 0.6) is 5.75 Å². The minimum Gasteiger partial charge on any atom is -0.495 e. The first-order chi connectivity index (χ1) is 14.4. The number of aromatic amines is 1. The Kier molecular flexibility index (Phi) is 7.10. The summed E-state index contributed by atoms with van der Waals surface area (Å²) in [7, 11) is 1.55. The number of H-pyrrole nitrogens is 1. The van der Waals surface area contributed by atoms with Gasteiger partial charge in [-0.3, -0.25) is 4.79 Å². The minimum absolute atomic E-state index is 0.161. The predicted octanol–water partition coefficient (Wildman–Crippen LogP) is 4.71. The lowest BCUT2D eigenvalue weighted by Gasteiger charge is -2.20. The zero-order valence-electron chi connectivity index (χ0n) is 17.1. The standard InChI is InChI=1S/C22H24BrN3O4/c1-13(2)9-18(25-22(28)30-12-14-7-5-4-6-8-14)20-24-17-11-19(29-3)16(23)10-15(17)21(27)26-20/h4-8,10-11,13,18H,9,12H2,1-3H3,(H,25,28)(H,24,26,27). The summed E-state index contributed by atoms with van der Waals surface area (Å²) in [5.74, 6) is 1.20. The number of methoxy groups -OCH3 is 1. The van der Waals surface area contributed by atoms with E-state index in [9.17, 15) is 9.59 Å². The van der Waals surface area contributed by atoms with Crippen LogP contribution in [0.3, 0.4) is 0 Å². The van der Waals surface area contributed by atoms with Gasteiger partial charge in [0.05, 0.1) is 28.5 Å². The van der Waals surface area contributed by atoms with E-state index < -0.39 is 12.1 Å². The highest BCUT2D eigenvalue weighted by Gasteiger charge is 2.21. The normalized spacial score (nSPS) is 12.0. The van der Waals surface area contributed by atoms with Crippen LogP contribution >= 0.6 is 15.9 Å². The highest BCUT2D eigenvalue weighted by Crippen LogP contribution is 2.29. The van der Waals surface area contributed by atoms with E-state index in [1.807, 2.05) is 44.2 Å². The van der Waals surface area contributed by atoms with Crippen LogP contribution in [-0.2, 0) is 11.3 Å². The van der Waals surface area contributed by atoms with Gasteiger partial charge < -0.3 is 19.8 Å². The lowest BCUT2D eigenvalue weighted by Crippen LogP contribution is -2.32. The Labute approximate surface area is 182 Å². The van der Waals surface area contributed by atoms with Crippen molar-refractivity contribution in [3.63, 3.8) is 0 Å². The van der Waals surface area contributed by atoms with Crippen molar-refractivity contribution in [1.82, 2.24) is 15.3 Å². The summed E-state index contributed by atoms with van der Waals surface area (Å²) in [5.41, 5.74) is 1.09. The molecule has 0 aliphatic rings. The highest BCUT2D eigenvalue weighted by atomic mass is 79.9. The van der Waals surface area contributed by atoms with Gasteiger partial charge in [0.15, 0.2) is 0 Å². The van der Waals surface area contributed by atoms with Crippen LogP contribution in [-0.4, -0.2) is 23.2 Å². The number of aromatic nitrogens is 2. The van der Waals surface area contributed by atoms with E-state index in [1.165, 1.54) is 0 Å². The van der Waals surface area contributed by atoms with Crippen molar-refractivity contribution in [1.29, 1.82) is 0 Å². The van der Waals surface area contributed by atoms with E-state index >= 15 is 0 Å². The van der Waals surface area contributed by atoms with Gasteiger partial charge in [-0.25, -0.2) is 9.78 Å². The van der Waals surface area contributed by atoms with Crippen LogP contribution < -0.4 is 15.6 Å². The third-order valence-electron chi connectivity index (χ3n) is 4.54. The number of nitrogens with one attached hydrogen (secondary N) is 2. The Bertz CT molecular complexity index is 1080. The van der Waals surface area contributed by atoms with E-state index in [1.54, 1.807) is 19.2 Å². The van der Waals surface area contributed by atoms with Crippen molar-refractivity contribution in [2.45, 2.75) is 32.9 Å². The van der Waals surface area contributed by atoms with Crippen molar-refractivity contribution in [2.24, 2.45) is 5.92 Å². The van der Waals surface area contributed by atoms with Crippen LogP contribution in [0, 0.1) is 5.92 Å². The number of carbonyl (C=O) groups is 1. The van der Waals surface area contributed by atoms with Crippen molar-refractivity contribution in [2.75, 3.05) is 7.11 Å². The molecule has 158 valence electrons. The SMILES string of the molecule is COc1cc2nc(C(CC(C)C)NC(=O)OCc3ccccc3)[nH]c(=O)c2cc1Br. The van der Waals surface area contributed by atoms with E-state index in [0.29, 0.717) is 33.4 Å². The lowest BCUT2D eigenvalue weighted by atomic mass is 10.0. The molecule has 2 N–H and O–H groups in total. The minimum atomic E-state index is -0.569. The average molecular weight is 474 g/mol. The molecule has 3 aromatic rings. The molecule has 7 nitrogen and oxygen atoms in total. The molecule has 30 heavy (non-hydrogen) atoms. The van der Waals surface area contributed by atoms with Crippen LogP contribution in [0.4, 0.5) is 4.79 Å². The molecule has 0 saturated heterocycles. The first kappa shape index (κ1) is 21.8. The van der Waals surface area contributed by atoms with Crippen LogP contribution in [0.15, 0.2) is 51.7 Å². The number of halogens is 1. The fourth-order valence-electron chi connectivity index (χ4n) is 3.10. The molecule has 0 radical (unpaired) electrons. The fourth-order valence-corrected chi connectivity index (χ4v) is 3.60.